The molecule has 0 fully saturated rings. The van der Waals surface area contributed by atoms with Crippen LogP contribution in [0.3, 0.4) is 0 Å². The Bertz CT molecular complexity index is 185. The fourth-order valence-corrected chi connectivity index (χ4v) is 0.590. The van der Waals surface area contributed by atoms with E-state index in [9.17, 15) is 9.59 Å². The second-order valence-corrected chi connectivity index (χ2v) is 2.22. The average molecular weight is 172 g/mol. The summed E-state index contributed by atoms with van der Waals surface area (Å²) in [4.78, 5) is 21.3. The van der Waals surface area contributed by atoms with Gasteiger partial charge >= 0.3 is 11.9 Å². The summed E-state index contributed by atoms with van der Waals surface area (Å²) in [6.45, 7) is 5.31. The summed E-state index contributed by atoms with van der Waals surface area (Å²) in [5.41, 5.74) is 0. The molecule has 1 atom stereocenters. The average Bonchev–Trinajstić information content (AvgIpc) is 2.01. The van der Waals surface area contributed by atoms with Crippen LogP contribution in [0.4, 0.5) is 0 Å². The lowest BCUT2D eigenvalue weighted by atomic mass is 10.1. The molecule has 1 N–H and O–H groups in total. The second kappa shape index (κ2) is 5.35. The zero-order valence-electron chi connectivity index (χ0n) is 6.95. The van der Waals surface area contributed by atoms with Gasteiger partial charge in [0, 0.05) is 0 Å². The number of esters is 1. The maximum Gasteiger partial charge on any atom is 0.324 e. The predicted molar refractivity (Wildman–Crippen MR) is 42.6 cm³/mol. The summed E-state index contributed by atoms with van der Waals surface area (Å²) in [6.07, 6.45) is 1.73. The molecule has 0 aliphatic heterocycles. The van der Waals surface area contributed by atoms with Gasteiger partial charge in [0.25, 0.3) is 0 Å². The summed E-state index contributed by atoms with van der Waals surface area (Å²) in [5, 5.41) is 8.47. The van der Waals surface area contributed by atoms with Crippen LogP contribution in [0.2, 0.25) is 0 Å². The smallest absolute Gasteiger partial charge is 0.324 e. The van der Waals surface area contributed by atoms with Crippen molar-refractivity contribution in [2.75, 3.05) is 6.61 Å². The minimum Gasteiger partial charge on any atom is -0.480 e. The molecule has 0 heterocycles. The van der Waals surface area contributed by atoms with Crippen LogP contribution in [0.1, 0.15) is 13.3 Å². The molecule has 0 saturated heterocycles. The van der Waals surface area contributed by atoms with E-state index in [-0.39, 0.29) is 6.61 Å². The Morgan fingerprint density at radius 1 is 1.67 bits per heavy atom. The van der Waals surface area contributed by atoms with Gasteiger partial charge in [-0.3, -0.25) is 9.59 Å². The molecule has 0 aromatic heterocycles. The molecule has 0 rings (SSSR count). The van der Waals surface area contributed by atoms with Crippen molar-refractivity contribution in [2.24, 2.45) is 5.92 Å². The van der Waals surface area contributed by atoms with Crippen LogP contribution in [0.15, 0.2) is 12.7 Å². The third kappa shape index (κ3) is 3.18. The molecular weight excluding hydrogens is 160 g/mol. The number of carbonyl (C=O) groups is 2. The van der Waals surface area contributed by atoms with Gasteiger partial charge in [-0.2, -0.15) is 0 Å². The summed E-state index contributed by atoms with van der Waals surface area (Å²) >= 11 is 0. The first-order valence-corrected chi connectivity index (χ1v) is 3.65. The maximum absolute atomic E-state index is 10.9. The highest BCUT2D eigenvalue weighted by Gasteiger charge is 2.23. The first kappa shape index (κ1) is 10.7. The molecule has 4 heteroatoms. The van der Waals surface area contributed by atoms with E-state index < -0.39 is 17.9 Å². The van der Waals surface area contributed by atoms with E-state index in [4.69, 9.17) is 5.11 Å². The van der Waals surface area contributed by atoms with Crippen molar-refractivity contribution in [1.82, 2.24) is 0 Å². The fraction of sp³-hybridized carbons (Fsp3) is 0.500. The molecule has 0 aliphatic rings. The van der Waals surface area contributed by atoms with Gasteiger partial charge < -0.3 is 9.84 Å². The maximum atomic E-state index is 10.9. The Morgan fingerprint density at radius 3 is 2.58 bits per heavy atom. The van der Waals surface area contributed by atoms with Gasteiger partial charge in [-0.05, 0) is 6.42 Å². The van der Waals surface area contributed by atoms with Crippen LogP contribution in [0, 0.1) is 5.92 Å². The third-order valence-corrected chi connectivity index (χ3v) is 1.20. The molecule has 0 aliphatic carbocycles. The van der Waals surface area contributed by atoms with Gasteiger partial charge in [0.15, 0.2) is 5.92 Å². The van der Waals surface area contributed by atoms with Gasteiger partial charge in [0.1, 0.15) is 0 Å². The highest BCUT2D eigenvalue weighted by molar-refractivity contribution is 5.95. The summed E-state index contributed by atoms with van der Waals surface area (Å²) in [7, 11) is 0. The zero-order valence-corrected chi connectivity index (χ0v) is 6.95. The minimum atomic E-state index is -1.24. The molecule has 1 unspecified atom stereocenters. The van der Waals surface area contributed by atoms with Gasteiger partial charge in [0.2, 0.25) is 0 Å². The van der Waals surface area contributed by atoms with Crippen molar-refractivity contribution >= 4 is 11.9 Å². The van der Waals surface area contributed by atoms with Crippen LogP contribution < -0.4 is 0 Å². The summed E-state index contributed by atoms with van der Waals surface area (Å²) in [6, 6.07) is 0. The van der Waals surface area contributed by atoms with Gasteiger partial charge in [-0.15, -0.1) is 6.58 Å². The highest BCUT2D eigenvalue weighted by Crippen LogP contribution is 2.01. The Hall–Kier alpha value is -1.32. The number of hydrogen-bond acceptors (Lipinski definition) is 3. The highest BCUT2D eigenvalue weighted by atomic mass is 16.5. The van der Waals surface area contributed by atoms with Crippen LogP contribution in [0.5, 0.6) is 0 Å². The number of carbonyl (C=O) groups excluding carboxylic acids is 1. The Kier molecular flexibility index (Phi) is 4.76. The zero-order chi connectivity index (χ0) is 9.56. The van der Waals surface area contributed by atoms with Crippen LogP contribution in [-0.2, 0) is 14.3 Å². The van der Waals surface area contributed by atoms with E-state index in [1.54, 1.807) is 0 Å². The Labute approximate surface area is 70.8 Å². The van der Waals surface area contributed by atoms with Crippen molar-refractivity contribution < 1.29 is 19.4 Å². The molecule has 0 radical (unpaired) electrons. The van der Waals surface area contributed by atoms with Crippen molar-refractivity contribution in [2.45, 2.75) is 13.3 Å². The summed E-state index contributed by atoms with van der Waals surface area (Å²) in [5.74, 6) is -3.22. The lowest BCUT2D eigenvalue weighted by molar-refractivity contribution is -0.156. The molecule has 0 spiro atoms. The van der Waals surface area contributed by atoms with Crippen molar-refractivity contribution in [3.8, 4) is 0 Å². The van der Waals surface area contributed by atoms with E-state index in [1.807, 2.05) is 6.92 Å². The van der Waals surface area contributed by atoms with E-state index in [1.165, 1.54) is 0 Å². The molecule has 0 amide bonds. The first-order chi connectivity index (χ1) is 5.63. The van der Waals surface area contributed by atoms with Gasteiger partial charge in [-0.25, -0.2) is 0 Å². The summed E-state index contributed by atoms with van der Waals surface area (Å²) < 4.78 is 4.61. The Balaban J connectivity index is 4.03. The van der Waals surface area contributed by atoms with Crippen molar-refractivity contribution in [3.05, 3.63) is 12.7 Å². The largest absolute Gasteiger partial charge is 0.480 e. The number of hydrogen-bond donors (Lipinski definition) is 1. The van der Waals surface area contributed by atoms with Crippen LogP contribution >= 0.6 is 0 Å². The number of rotatable bonds is 5. The van der Waals surface area contributed by atoms with E-state index in [0.717, 1.165) is 6.08 Å². The molecule has 0 aromatic carbocycles. The molecule has 0 bridgehead atoms. The van der Waals surface area contributed by atoms with Crippen LogP contribution in [0.25, 0.3) is 0 Å². The lowest BCUT2D eigenvalue weighted by Crippen LogP contribution is -2.23. The number of aliphatic carboxylic acids is 1. The minimum absolute atomic E-state index is 0.246. The lowest BCUT2D eigenvalue weighted by Gasteiger charge is -2.06. The number of ether oxygens (including phenoxy) is 1. The SMILES string of the molecule is C=CC(C(=O)O)C(=O)OCCC. The van der Waals surface area contributed by atoms with E-state index >= 15 is 0 Å². The number of carboxylic acid groups (broad SMARTS) is 1. The van der Waals surface area contributed by atoms with E-state index in [2.05, 4.69) is 11.3 Å². The van der Waals surface area contributed by atoms with Gasteiger partial charge in [0.05, 0.1) is 6.61 Å². The van der Waals surface area contributed by atoms with Crippen LogP contribution in [-0.4, -0.2) is 23.7 Å². The quantitative estimate of drug-likeness (QED) is 0.379. The molecule has 0 aromatic rings. The molecule has 12 heavy (non-hydrogen) atoms. The molecule has 0 saturated carbocycles. The predicted octanol–water partition coefficient (Wildman–Crippen LogP) is 0.826. The fourth-order valence-electron chi connectivity index (χ4n) is 0.590. The molecular formula is C8H12O4. The topological polar surface area (TPSA) is 63.6 Å². The van der Waals surface area contributed by atoms with Gasteiger partial charge in [-0.1, -0.05) is 13.0 Å². The monoisotopic (exact) mass is 172 g/mol. The molecule has 4 nitrogen and oxygen atoms in total. The first-order valence-electron chi connectivity index (χ1n) is 3.65. The molecule has 68 valence electrons. The second-order valence-electron chi connectivity index (χ2n) is 2.22. The van der Waals surface area contributed by atoms with Crippen molar-refractivity contribution in [3.63, 3.8) is 0 Å². The standard InChI is InChI=1S/C8H12O4/c1-3-5-12-8(11)6(4-2)7(9)10/h4,6H,2-3,5H2,1H3,(H,9,10). The number of carboxylic acids is 1. The van der Waals surface area contributed by atoms with Crippen molar-refractivity contribution in [1.29, 1.82) is 0 Å². The Morgan fingerprint density at radius 2 is 2.25 bits per heavy atom. The normalized spacial score (nSPS) is 11.8. The van der Waals surface area contributed by atoms with E-state index in [0.29, 0.717) is 6.42 Å². The third-order valence-electron chi connectivity index (χ3n) is 1.20.